The Balaban J connectivity index is 2.28. The Hall–Kier alpha value is -2.10. The standard InChI is InChI=1S/C12H11FN2O/c1-8-6-12(15-7-10(8)14)16-11-5-3-2-4-9(11)13/h2-7H,14H2,1H3. The number of rotatable bonds is 2. The number of nitrogens with two attached hydrogens (primary N) is 1. The minimum atomic E-state index is -0.418. The Morgan fingerprint density at radius 3 is 2.75 bits per heavy atom. The van der Waals surface area contributed by atoms with E-state index in [1.807, 2.05) is 6.92 Å². The van der Waals surface area contributed by atoms with E-state index in [0.29, 0.717) is 11.6 Å². The average molecular weight is 218 g/mol. The number of hydrogen-bond donors (Lipinski definition) is 1. The molecular formula is C12H11FN2O. The van der Waals surface area contributed by atoms with E-state index in [-0.39, 0.29) is 5.75 Å². The smallest absolute Gasteiger partial charge is 0.219 e. The third kappa shape index (κ3) is 2.11. The number of pyridine rings is 1. The van der Waals surface area contributed by atoms with Crippen LogP contribution < -0.4 is 10.5 Å². The zero-order valence-electron chi connectivity index (χ0n) is 8.77. The van der Waals surface area contributed by atoms with E-state index in [1.165, 1.54) is 12.3 Å². The summed E-state index contributed by atoms with van der Waals surface area (Å²) < 4.78 is 18.6. The van der Waals surface area contributed by atoms with Gasteiger partial charge in [-0.1, -0.05) is 12.1 Å². The summed E-state index contributed by atoms with van der Waals surface area (Å²) in [6, 6.07) is 7.84. The van der Waals surface area contributed by atoms with E-state index in [4.69, 9.17) is 10.5 Å². The van der Waals surface area contributed by atoms with E-state index in [2.05, 4.69) is 4.98 Å². The lowest BCUT2D eigenvalue weighted by molar-refractivity contribution is 0.427. The molecular weight excluding hydrogens is 207 g/mol. The highest BCUT2D eigenvalue weighted by molar-refractivity contribution is 5.46. The lowest BCUT2D eigenvalue weighted by Gasteiger charge is -2.06. The van der Waals surface area contributed by atoms with Gasteiger partial charge in [0.05, 0.1) is 11.9 Å². The normalized spacial score (nSPS) is 10.1. The molecule has 1 heterocycles. The molecule has 0 atom stereocenters. The van der Waals surface area contributed by atoms with Crippen LogP contribution in [0.2, 0.25) is 0 Å². The van der Waals surface area contributed by atoms with Gasteiger partial charge in [0.25, 0.3) is 0 Å². The zero-order valence-corrected chi connectivity index (χ0v) is 8.77. The fourth-order valence-electron chi connectivity index (χ4n) is 1.24. The van der Waals surface area contributed by atoms with Crippen LogP contribution in [0.15, 0.2) is 36.5 Å². The molecule has 2 rings (SSSR count). The first kappa shape index (κ1) is 10.4. The van der Waals surface area contributed by atoms with Crippen molar-refractivity contribution >= 4 is 5.69 Å². The van der Waals surface area contributed by atoms with Gasteiger partial charge in [0.2, 0.25) is 5.88 Å². The molecule has 4 heteroatoms. The lowest BCUT2D eigenvalue weighted by atomic mass is 10.2. The maximum Gasteiger partial charge on any atom is 0.219 e. The number of hydrogen-bond acceptors (Lipinski definition) is 3. The first-order valence-corrected chi connectivity index (χ1v) is 4.81. The fraction of sp³-hybridized carbons (Fsp3) is 0.0833. The number of ether oxygens (including phenoxy) is 1. The highest BCUT2D eigenvalue weighted by Crippen LogP contribution is 2.24. The summed E-state index contributed by atoms with van der Waals surface area (Å²) in [5, 5.41) is 0. The minimum Gasteiger partial charge on any atom is -0.436 e. The topological polar surface area (TPSA) is 48.1 Å². The second-order valence-electron chi connectivity index (χ2n) is 3.41. The Morgan fingerprint density at radius 1 is 1.31 bits per heavy atom. The Kier molecular flexibility index (Phi) is 2.72. The summed E-state index contributed by atoms with van der Waals surface area (Å²) in [5.41, 5.74) is 7.05. The van der Waals surface area contributed by atoms with Gasteiger partial charge in [0.1, 0.15) is 0 Å². The molecule has 2 N–H and O–H groups in total. The van der Waals surface area contributed by atoms with Crippen LogP contribution >= 0.6 is 0 Å². The highest BCUT2D eigenvalue weighted by atomic mass is 19.1. The van der Waals surface area contributed by atoms with Crippen LogP contribution in [0.3, 0.4) is 0 Å². The van der Waals surface area contributed by atoms with E-state index in [1.54, 1.807) is 24.3 Å². The molecule has 16 heavy (non-hydrogen) atoms. The van der Waals surface area contributed by atoms with Gasteiger partial charge < -0.3 is 10.5 Å². The molecule has 1 aromatic carbocycles. The molecule has 0 radical (unpaired) electrons. The second kappa shape index (κ2) is 4.18. The van der Waals surface area contributed by atoms with Crippen molar-refractivity contribution in [2.45, 2.75) is 6.92 Å². The average Bonchev–Trinajstić information content (AvgIpc) is 2.27. The third-order valence-electron chi connectivity index (χ3n) is 2.18. The molecule has 0 amide bonds. The van der Waals surface area contributed by atoms with Gasteiger partial charge in [0, 0.05) is 6.07 Å². The molecule has 0 aliphatic heterocycles. The van der Waals surface area contributed by atoms with E-state index >= 15 is 0 Å². The van der Waals surface area contributed by atoms with Crippen molar-refractivity contribution in [1.29, 1.82) is 0 Å². The highest BCUT2D eigenvalue weighted by Gasteiger charge is 2.05. The second-order valence-corrected chi connectivity index (χ2v) is 3.41. The largest absolute Gasteiger partial charge is 0.436 e. The van der Waals surface area contributed by atoms with Gasteiger partial charge in [-0.2, -0.15) is 0 Å². The quantitative estimate of drug-likeness (QED) is 0.843. The molecule has 0 fully saturated rings. The van der Waals surface area contributed by atoms with Gasteiger partial charge in [-0.05, 0) is 24.6 Å². The van der Waals surface area contributed by atoms with Crippen molar-refractivity contribution in [3.8, 4) is 11.6 Å². The van der Waals surface area contributed by atoms with Crippen LogP contribution in [-0.2, 0) is 0 Å². The number of halogens is 1. The van der Waals surface area contributed by atoms with Gasteiger partial charge in [-0.25, -0.2) is 9.37 Å². The molecule has 1 aromatic heterocycles. The number of nitrogen functional groups attached to an aromatic ring is 1. The molecule has 0 unspecified atom stereocenters. The van der Waals surface area contributed by atoms with Crippen molar-refractivity contribution in [1.82, 2.24) is 4.98 Å². The first-order chi connectivity index (χ1) is 7.66. The SMILES string of the molecule is Cc1cc(Oc2ccccc2F)ncc1N. The summed E-state index contributed by atoms with van der Waals surface area (Å²) in [5.74, 6) is 0.0646. The molecule has 0 bridgehead atoms. The molecule has 0 spiro atoms. The van der Waals surface area contributed by atoms with Crippen molar-refractivity contribution in [3.05, 3.63) is 47.9 Å². The Morgan fingerprint density at radius 2 is 2.06 bits per heavy atom. The Labute approximate surface area is 92.7 Å². The van der Waals surface area contributed by atoms with Crippen molar-refractivity contribution in [2.75, 3.05) is 5.73 Å². The van der Waals surface area contributed by atoms with Crippen LogP contribution in [0.5, 0.6) is 11.6 Å². The van der Waals surface area contributed by atoms with Crippen molar-refractivity contribution in [2.24, 2.45) is 0 Å². The van der Waals surface area contributed by atoms with Gasteiger partial charge in [-0.15, -0.1) is 0 Å². The number of aryl methyl sites for hydroxylation is 1. The Bertz CT molecular complexity index is 514. The zero-order chi connectivity index (χ0) is 11.5. The molecule has 0 saturated heterocycles. The fourth-order valence-corrected chi connectivity index (χ4v) is 1.24. The van der Waals surface area contributed by atoms with Crippen LogP contribution in [0, 0.1) is 12.7 Å². The molecule has 2 aromatic rings. The predicted molar refractivity (Wildman–Crippen MR) is 59.9 cm³/mol. The maximum absolute atomic E-state index is 13.3. The van der Waals surface area contributed by atoms with Gasteiger partial charge in [0.15, 0.2) is 11.6 Å². The summed E-state index contributed by atoms with van der Waals surface area (Å²) in [6.45, 7) is 1.84. The lowest BCUT2D eigenvalue weighted by Crippen LogP contribution is -1.94. The first-order valence-electron chi connectivity index (χ1n) is 4.81. The van der Waals surface area contributed by atoms with Crippen LogP contribution in [0.1, 0.15) is 5.56 Å². The summed E-state index contributed by atoms with van der Waals surface area (Å²) in [6.07, 6.45) is 1.49. The number of anilines is 1. The number of nitrogens with zero attached hydrogens (tertiary/aromatic N) is 1. The van der Waals surface area contributed by atoms with Crippen molar-refractivity contribution in [3.63, 3.8) is 0 Å². The van der Waals surface area contributed by atoms with E-state index < -0.39 is 5.82 Å². The molecule has 3 nitrogen and oxygen atoms in total. The molecule has 82 valence electrons. The summed E-state index contributed by atoms with van der Waals surface area (Å²) in [7, 11) is 0. The van der Waals surface area contributed by atoms with E-state index in [9.17, 15) is 4.39 Å². The minimum absolute atomic E-state index is 0.152. The maximum atomic E-state index is 13.3. The number of aromatic nitrogens is 1. The monoisotopic (exact) mass is 218 g/mol. The van der Waals surface area contributed by atoms with Crippen LogP contribution in [0.4, 0.5) is 10.1 Å². The van der Waals surface area contributed by atoms with Crippen LogP contribution in [-0.4, -0.2) is 4.98 Å². The summed E-state index contributed by atoms with van der Waals surface area (Å²) in [4.78, 5) is 3.96. The molecule has 0 aliphatic rings. The van der Waals surface area contributed by atoms with Gasteiger partial charge in [-0.3, -0.25) is 0 Å². The molecule has 0 saturated carbocycles. The number of para-hydroxylation sites is 1. The molecule has 0 aliphatic carbocycles. The van der Waals surface area contributed by atoms with Crippen LogP contribution in [0.25, 0.3) is 0 Å². The van der Waals surface area contributed by atoms with E-state index in [0.717, 1.165) is 5.56 Å². The van der Waals surface area contributed by atoms with Gasteiger partial charge >= 0.3 is 0 Å². The number of benzene rings is 1. The predicted octanol–water partition coefficient (Wildman–Crippen LogP) is 2.90. The van der Waals surface area contributed by atoms with Crippen molar-refractivity contribution < 1.29 is 9.13 Å². The third-order valence-corrected chi connectivity index (χ3v) is 2.18. The summed E-state index contributed by atoms with van der Waals surface area (Å²) >= 11 is 0.